The Balaban J connectivity index is 0.000000516. The molecule has 0 aliphatic heterocycles. The first-order valence-corrected chi connectivity index (χ1v) is 8.13. The summed E-state index contributed by atoms with van der Waals surface area (Å²) in [7, 11) is 0. The van der Waals surface area contributed by atoms with Crippen LogP contribution < -0.4 is 4.90 Å². The Morgan fingerprint density at radius 1 is 1.03 bits per heavy atom. The third-order valence-corrected chi connectivity index (χ3v) is 3.76. The monoisotopic (exact) mass is 413 g/mol. The van der Waals surface area contributed by atoms with Gasteiger partial charge in [-0.05, 0) is 38.0 Å². The molecule has 1 heterocycles. The van der Waals surface area contributed by atoms with Crippen LogP contribution in [0.25, 0.3) is 0 Å². The maximum Gasteiger partial charge on any atom is 0.490 e. The van der Waals surface area contributed by atoms with Crippen molar-refractivity contribution in [2.45, 2.75) is 26.9 Å². The van der Waals surface area contributed by atoms with Crippen molar-refractivity contribution in [3.63, 3.8) is 0 Å². The van der Waals surface area contributed by atoms with Crippen molar-refractivity contribution in [1.29, 1.82) is 0 Å². The number of alkyl halides is 3. The number of anilines is 1. The highest BCUT2D eigenvalue weighted by molar-refractivity contribution is 6.05. The summed E-state index contributed by atoms with van der Waals surface area (Å²) >= 11 is 0. The number of hydrogen-bond acceptors (Lipinski definition) is 5. The van der Waals surface area contributed by atoms with Crippen LogP contribution in [0.2, 0.25) is 0 Å². The average Bonchev–Trinajstić information content (AvgIpc) is 2.65. The van der Waals surface area contributed by atoms with Crippen LogP contribution >= 0.6 is 0 Å². The summed E-state index contributed by atoms with van der Waals surface area (Å²) in [5.74, 6) is -4.23. The van der Waals surface area contributed by atoms with Gasteiger partial charge in [-0.1, -0.05) is 12.1 Å². The number of benzene rings is 1. The van der Waals surface area contributed by atoms with Gasteiger partial charge >= 0.3 is 18.1 Å². The predicted octanol–water partition coefficient (Wildman–Crippen LogP) is 3.09. The van der Waals surface area contributed by atoms with Crippen LogP contribution in [-0.2, 0) is 4.79 Å². The van der Waals surface area contributed by atoms with Crippen molar-refractivity contribution in [2.24, 2.45) is 0 Å². The maximum atomic E-state index is 12.6. The highest BCUT2D eigenvalue weighted by Gasteiger charge is 2.38. The standard InChI is InChI=1S/C16H17N3O3.C2HF3O2/c1-4-19(14-7-5-6-10(2)11(14)3)15(20)12-8-18-13(9-17-12)16(21)22;3-2(4,5)1(6)7/h5-9H,4H2,1-3H3,(H,21,22);(H,6,7). The van der Waals surface area contributed by atoms with E-state index in [1.807, 2.05) is 39.0 Å². The molecule has 1 aromatic heterocycles. The minimum absolute atomic E-state index is 0.118. The van der Waals surface area contributed by atoms with E-state index in [-0.39, 0.29) is 17.3 Å². The van der Waals surface area contributed by atoms with Gasteiger partial charge in [0.25, 0.3) is 5.91 Å². The highest BCUT2D eigenvalue weighted by atomic mass is 19.4. The molecular weight excluding hydrogens is 395 g/mol. The number of hydrogen-bond donors (Lipinski definition) is 2. The van der Waals surface area contributed by atoms with Crippen LogP contribution in [-0.4, -0.2) is 50.7 Å². The van der Waals surface area contributed by atoms with E-state index in [0.29, 0.717) is 6.54 Å². The summed E-state index contributed by atoms with van der Waals surface area (Å²) in [5.41, 5.74) is 2.86. The first-order valence-electron chi connectivity index (χ1n) is 8.13. The lowest BCUT2D eigenvalue weighted by molar-refractivity contribution is -0.192. The number of aromatic carboxylic acids is 1. The second-order valence-electron chi connectivity index (χ2n) is 5.66. The highest BCUT2D eigenvalue weighted by Crippen LogP contribution is 2.23. The SMILES string of the molecule is CCN(C(=O)c1cnc(C(=O)O)cn1)c1cccc(C)c1C.O=C(O)C(F)(F)F. The number of aryl methyl sites for hydroxylation is 1. The smallest absolute Gasteiger partial charge is 0.476 e. The predicted molar refractivity (Wildman–Crippen MR) is 95.9 cm³/mol. The molecule has 0 atom stereocenters. The van der Waals surface area contributed by atoms with Gasteiger partial charge in [0.2, 0.25) is 0 Å². The number of halogens is 3. The largest absolute Gasteiger partial charge is 0.490 e. The van der Waals surface area contributed by atoms with Crippen LogP contribution in [0.4, 0.5) is 18.9 Å². The molecule has 156 valence electrons. The van der Waals surface area contributed by atoms with Gasteiger partial charge in [0.1, 0.15) is 5.69 Å². The number of carboxylic acid groups (broad SMARTS) is 2. The molecule has 0 saturated carbocycles. The van der Waals surface area contributed by atoms with Crippen molar-refractivity contribution in [1.82, 2.24) is 9.97 Å². The zero-order valence-corrected chi connectivity index (χ0v) is 15.7. The Kier molecular flexibility index (Phi) is 7.81. The van der Waals surface area contributed by atoms with Gasteiger partial charge in [-0.15, -0.1) is 0 Å². The molecule has 0 bridgehead atoms. The van der Waals surface area contributed by atoms with E-state index in [1.165, 1.54) is 6.20 Å². The van der Waals surface area contributed by atoms with Gasteiger partial charge in [-0.2, -0.15) is 13.2 Å². The first kappa shape index (κ1) is 23.5. The van der Waals surface area contributed by atoms with Crippen molar-refractivity contribution >= 4 is 23.5 Å². The van der Waals surface area contributed by atoms with Gasteiger partial charge in [0.05, 0.1) is 12.4 Å². The summed E-state index contributed by atoms with van der Waals surface area (Å²) in [4.78, 5) is 41.5. The lowest BCUT2D eigenvalue weighted by Gasteiger charge is -2.23. The zero-order valence-electron chi connectivity index (χ0n) is 15.7. The molecule has 0 aliphatic carbocycles. The molecule has 0 unspecified atom stereocenters. The number of aliphatic carboxylic acids is 1. The Bertz CT molecular complexity index is 899. The molecule has 2 rings (SSSR count). The number of nitrogens with zero attached hydrogens (tertiary/aromatic N) is 3. The van der Waals surface area contributed by atoms with Gasteiger partial charge in [-0.3, -0.25) is 4.79 Å². The number of aromatic nitrogens is 2. The van der Waals surface area contributed by atoms with Crippen LogP contribution in [0.15, 0.2) is 30.6 Å². The molecule has 1 aromatic carbocycles. The Morgan fingerprint density at radius 2 is 1.55 bits per heavy atom. The fourth-order valence-electron chi connectivity index (χ4n) is 2.14. The van der Waals surface area contributed by atoms with Gasteiger partial charge < -0.3 is 15.1 Å². The summed E-state index contributed by atoms with van der Waals surface area (Å²) < 4.78 is 31.7. The molecule has 0 radical (unpaired) electrons. The first-order chi connectivity index (χ1) is 13.4. The molecule has 0 aliphatic rings. The van der Waals surface area contributed by atoms with E-state index in [0.717, 1.165) is 23.0 Å². The minimum Gasteiger partial charge on any atom is -0.476 e. The quantitative estimate of drug-likeness (QED) is 0.790. The van der Waals surface area contributed by atoms with E-state index >= 15 is 0 Å². The molecule has 0 spiro atoms. The number of carbonyl (C=O) groups is 3. The molecule has 0 saturated heterocycles. The topological polar surface area (TPSA) is 121 Å². The summed E-state index contributed by atoms with van der Waals surface area (Å²) in [5, 5.41) is 15.9. The Labute approximate surface area is 163 Å². The molecule has 29 heavy (non-hydrogen) atoms. The summed E-state index contributed by atoms with van der Waals surface area (Å²) in [6.45, 7) is 6.29. The number of rotatable bonds is 4. The van der Waals surface area contributed by atoms with E-state index < -0.39 is 18.1 Å². The number of carboxylic acids is 2. The summed E-state index contributed by atoms with van der Waals surface area (Å²) in [6.07, 6.45) is -2.80. The van der Waals surface area contributed by atoms with Crippen LogP contribution in [0.1, 0.15) is 39.0 Å². The Hall–Kier alpha value is -3.50. The number of amides is 1. The Morgan fingerprint density at radius 3 is 1.97 bits per heavy atom. The average molecular weight is 413 g/mol. The van der Waals surface area contributed by atoms with Crippen LogP contribution in [0, 0.1) is 13.8 Å². The summed E-state index contributed by atoms with van der Waals surface area (Å²) in [6, 6.07) is 5.76. The van der Waals surface area contributed by atoms with Crippen molar-refractivity contribution < 1.29 is 37.8 Å². The van der Waals surface area contributed by atoms with E-state index in [9.17, 15) is 22.8 Å². The van der Waals surface area contributed by atoms with Gasteiger partial charge in [0.15, 0.2) is 5.69 Å². The van der Waals surface area contributed by atoms with Gasteiger partial charge in [0, 0.05) is 12.2 Å². The third-order valence-electron chi connectivity index (χ3n) is 3.76. The molecule has 0 fully saturated rings. The number of carbonyl (C=O) groups excluding carboxylic acids is 1. The molecular formula is C18H18F3N3O5. The second-order valence-corrected chi connectivity index (χ2v) is 5.66. The van der Waals surface area contributed by atoms with Crippen molar-refractivity contribution in [3.05, 3.63) is 53.1 Å². The molecule has 1 amide bonds. The van der Waals surface area contributed by atoms with E-state index in [1.54, 1.807) is 4.90 Å². The molecule has 2 N–H and O–H groups in total. The molecule has 11 heteroatoms. The minimum atomic E-state index is -5.08. The third kappa shape index (κ3) is 6.26. The van der Waals surface area contributed by atoms with Crippen molar-refractivity contribution in [2.75, 3.05) is 11.4 Å². The van der Waals surface area contributed by atoms with E-state index in [4.69, 9.17) is 15.0 Å². The normalized spacial score (nSPS) is 10.6. The van der Waals surface area contributed by atoms with Crippen LogP contribution in [0.3, 0.4) is 0 Å². The maximum absolute atomic E-state index is 12.6. The van der Waals surface area contributed by atoms with Gasteiger partial charge in [-0.25, -0.2) is 19.6 Å². The lowest BCUT2D eigenvalue weighted by atomic mass is 10.1. The zero-order chi connectivity index (χ0) is 22.4. The van der Waals surface area contributed by atoms with Crippen LogP contribution in [0.5, 0.6) is 0 Å². The van der Waals surface area contributed by atoms with Crippen molar-refractivity contribution in [3.8, 4) is 0 Å². The molecule has 8 nitrogen and oxygen atoms in total. The van der Waals surface area contributed by atoms with E-state index in [2.05, 4.69) is 9.97 Å². The second kappa shape index (κ2) is 9.62. The molecule has 2 aromatic rings. The lowest BCUT2D eigenvalue weighted by Crippen LogP contribution is -2.32. The fourth-order valence-corrected chi connectivity index (χ4v) is 2.14. The fraction of sp³-hybridized carbons (Fsp3) is 0.278.